The standard InChI is InChI=1S/C14H19BrFN/c1-17(12-7-3-2-4-8-12)10-11-6-5-9-13(16)14(11)15/h5-6,9,12H,2-4,7-8,10H2,1H3. The zero-order valence-corrected chi connectivity index (χ0v) is 11.8. The van der Waals surface area contributed by atoms with E-state index >= 15 is 0 Å². The van der Waals surface area contributed by atoms with Crippen LogP contribution in [0.1, 0.15) is 37.7 Å². The van der Waals surface area contributed by atoms with Gasteiger partial charge in [0.15, 0.2) is 0 Å². The summed E-state index contributed by atoms with van der Waals surface area (Å²) in [4.78, 5) is 2.36. The highest BCUT2D eigenvalue weighted by molar-refractivity contribution is 9.10. The second kappa shape index (κ2) is 5.96. The van der Waals surface area contributed by atoms with Crippen molar-refractivity contribution in [2.24, 2.45) is 0 Å². The highest BCUT2D eigenvalue weighted by Gasteiger charge is 2.18. The zero-order valence-electron chi connectivity index (χ0n) is 10.3. The predicted molar refractivity (Wildman–Crippen MR) is 72.4 cm³/mol. The van der Waals surface area contributed by atoms with Gasteiger partial charge in [0.25, 0.3) is 0 Å². The molecule has 0 atom stereocenters. The van der Waals surface area contributed by atoms with Crippen LogP contribution >= 0.6 is 15.9 Å². The summed E-state index contributed by atoms with van der Waals surface area (Å²) in [6, 6.07) is 5.93. The van der Waals surface area contributed by atoms with Gasteiger partial charge in [-0.1, -0.05) is 31.4 Å². The molecule has 1 aromatic carbocycles. The minimum atomic E-state index is -0.167. The molecule has 0 aromatic heterocycles. The van der Waals surface area contributed by atoms with Gasteiger partial charge in [-0.15, -0.1) is 0 Å². The fourth-order valence-electron chi connectivity index (χ4n) is 2.59. The third kappa shape index (κ3) is 3.29. The lowest BCUT2D eigenvalue weighted by molar-refractivity contribution is 0.184. The van der Waals surface area contributed by atoms with E-state index in [1.165, 1.54) is 38.2 Å². The lowest BCUT2D eigenvalue weighted by atomic mass is 9.94. The Kier molecular flexibility index (Phi) is 4.57. The molecule has 94 valence electrons. The summed E-state index contributed by atoms with van der Waals surface area (Å²) in [6.45, 7) is 0.822. The molecule has 0 heterocycles. The first kappa shape index (κ1) is 13.0. The van der Waals surface area contributed by atoms with Crippen LogP contribution in [0.25, 0.3) is 0 Å². The van der Waals surface area contributed by atoms with E-state index in [0.717, 1.165) is 12.1 Å². The van der Waals surface area contributed by atoms with Crippen LogP contribution in [0.3, 0.4) is 0 Å². The number of halogens is 2. The number of rotatable bonds is 3. The van der Waals surface area contributed by atoms with E-state index < -0.39 is 0 Å². The maximum atomic E-state index is 13.4. The highest BCUT2D eigenvalue weighted by Crippen LogP contribution is 2.26. The summed E-state index contributed by atoms with van der Waals surface area (Å²) < 4.78 is 14.0. The van der Waals surface area contributed by atoms with Crippen molar-refractivity contribution >= 4 is 15.9 Å². The molecular weight excluding hydrogens is 281 g/mol. The maximum Gasteiger partial charge on any atom is 0.137 e. The van der Waals surface area contributed by atoms with Crippen LogP contribution in [0.4, 0.5) is 4.39 Å². The van der Waals surface area contributed by atoms with Gasteiger partial charge in [-0.2, -0.15) is 0 Å². The largest absolute Gasteiger partial charge is 0.299 e. The van der Waals surface area contributed by atoms with E-state index in [4.69, 9.17) is 0 Å². The normalized spacial score (nSPS) is 17.6. The fourth-order valence-corrected chi connectivity index (χ4v) is 2.98. The van der Waals surface area contributed by atoms with E-state index in [9.17, 15) is 4.39 Å². The Bertz CT molecular complexity index is 374. The van der Waals surface area contributed by atoms with Crippen molar-refractivity contribution in [1.29, 1.82) is 0 Å². The molecule has 0 saturated heterocycles. The predicted octanol–water partition coefficient (Wildman–Crippen LogP) is 4.35. The van der Waals surface area contributed by atoms with Crippen molar-refractivity contribution in [3.05, 3.63) is 34.1 Å². The minimum absolute atomic E-state index is 0.167. The van der Waals surface area contributed by atoms with Crippen molar-refractivity contribution in [2.75, 3.05) is 7.05 Å². The molecule has 1 saturated carbocycles. The van der Waals surface area contributed by atoms with Crippen LogP contribution in [-0.2, 0) is 6.54 Å². The lowest BCUT2D eigenvalue weighted by Gasteiger charge is -2.31. The van der Waals surface area contributed by atoms with Crippen molar-refractivity contribution in [3.8, 4) is 0 Å². The summed E-state index contributed by atoms with van der Waals surface area (Å²) in [7, 11) is 2.15. The fraction of sp³-hybridized carbons (Fsp3) is 0.571. The summed E-state index contributed by atoms with van der Waals surface area (Å²) >= 11 is 3.33. The molecule has 0 aliphatic heterocycles. The topological polar surface area (TPSA) is 3.24 Å². The molecule has 0 N–H and O–H groups in total. The average molecular weight is 300 g/mol. The van der Waals surface area contributed by atoms with Crippen LogP contribution in [-0.4, -0.2) is 18.0 Å². The minimum Gasteiger partial charge on any atom is -0.299 e. The first-order valence-electron chi connectivity index (χ1n) is 6.31. The second-order valence-electron chi connectivity index (χ2n) is 4.92. The van der Waals surface area contributed by atoms with E-state index in [-0.39, 0.29) is 5.82 Å². The first-order valence-corrected chi connectivity index (χ1v) is 7.11. The molecule has 0 unspecified atom stereocenters. The summed E-state index contributed by atoms with van der Waals surface area (Å²) in [6.07, 6.45) is 6.60. The van der Waals surface area contributed by atoms with Crippen LogP contribution < -0.4 is 0 Å². The number of hydrogen-bond acceptors (Lipinski definition) is 1. The van der Waals surface area contributed by atoms with Gasteiger partial charge in [-0.3, -0.25) is 4.90 Å². The van der Waals surface area contributed by atoms with Gasteiger partial charge < -0.3 is 0 Å². The molecule has 17 heavy (non-hydrogen) atoms. The highest BCUT2D eigenvalue weighted by atomic mass is 79.9. The van der Waals surface area contributed by atoms with E-state index in [0.29, 0.717) is 10.5 Å². The van der Waals surface area contributed by atoms with E-state index in [2.05, 4.69) is 27.9 Å². The quantitative estimate of drug-likeness (QED) is 0.802. The Labute approximate surface area is 111 Å². The zero-order chi connectivity index (χ0) is 12.3. The number of hydrogen-bond donors (Lipinski definition) is 0. The van der Waals surface area contributed by atoms with Gasteiger partial charge in [0.2, 0.25) is 0 Å². The molecule has 1 fully saturated rings. The van der Waals surface area contributed by atoms with Gasteiger partial charge in [0.1, 0.15) is 5.82 Å². The molecule has 1 aliphatic carbocycles. The lowest BCUT2D eigenvalue weighted by Crippen LogP contribution is -2.33. The maximum absolute atomic E-state index is 13.4. The third-order valence-electron chi connectivity index (χ3n) is 3.65. The molecule has 0 spiro atoms. The molecule has 2 rings (SSSR count). The average Bonchev–Trinajstić information content (AvgIpc) is 2.36. The number of benzene rings is 1. The van der Waals surface area contributed by atoms with E-state index in [1.54, 1.807) is 6.07 Å². The second-order valence-corrected chi connectivity index (χ2v) is 5.71. The van der Waals surface area contributed by atoms with Crippen LogP contribution in [0.5, 0.6) is 0 Å². The smallest absolute Gasteiger partial charge is 0.137 e. The first-order chi connectivity index (χ1) is 8.18. The van der Waals surface area contributed by atoms with Gasteiger partial charge in [-0.25, -0.2) is 4.39 Å². The number of nitrogens with zero attached hydrogens (tertiary/aromatic N) is 1. The summed E-state index contributed by atoms with van der Waals surface area (Å²) in [5.74, 6) is -0.167. The van der Waals surface area contributed by atoms with Gasteiger partial charge in [-0.05, 0) is 47.4 Å². The Morgan fingerprint density at radius 3 is 2.71 bits per heavy atom. The molecule has 3 heteroatoms. The Morgan fingerprint density at radius 1 is 1.29 bits per heavy atom. The molecule has 1 aromatic rings. The van der Waals surface area contributed by atoms with Crippen LogP contribution in [0.2, 0.25) is 0 Å². The van der Waals surface area contributed by atoms with Crippen molar-refractivity contribution in [2.45, 2.75) is 44.7 Å². The molecule has 1 aliphatic rings. The monoisotopic (exact) mass is 299 g/mol. The van der Waals surface area contributed by atoms with Gasteiger partial charge >= 0.3 is 0 Å². The molecule has 0 amide bonds. The van der Waals surface area contributed by atoms with Crippen molar-refractivity contribution < 1.29 is 4.39 Å². The van der Waals surface area contributed by atoms with Crippen LogP contribution in [0.15, 0.2) is 22.7 Å². The molecule has 0 bridgehead atoms. The summed E-state index contributed by atoms with van der Waals surface area (Å²) in [5.41, 5.74) is 1.04. The van der Waals surface area contributed by atoms with Gasteiger partial charge in [0, 0.05) is 12.6 Å². The Balaban J connectivity index is 2.01. The Morgan fingerprint density at radius 2 is 2.00 bits per heavy atom. The molecule has 1 nitrogen and oxygen atoms in total. The Hall–Kier alpha value is -0.410. The summed E-state index contributed by atoms with van der Waals surface area (Å²) in [5, 5.41) is 0. The molecule has 0 radical (unpaired) electrons. The third-order valence-corrected chi connectivity index (χ3v) is 4.54. The molecular formula is C14H19BrFN. The SMILES string of the molecule is CN(Cc1cccc(F)c1Br)C1CCCCC1. The van der Waals surface area contributed by atoms with Crippen molar-refractivity contribution in [1.82, 2.24) is 4.90 Å². The van der Waals surface area contributed by atoms with E-state index in [1.807, 2.05) is 6.07 Å². The van der Waals surface area contributed by atoms with Crippen LogP contribution in [0, 0.1) is 5.82 Å². The van der Waals surface area contributed by atoms with Crippen molar-refractivity contribution in [3.63, 3.8) is 0 Å². The van der Waals surface area contributed by atoms with Gasteiger partial charge in [0.05, 0.1) is 4.47 Å².